The molecule has 13 heteroatoms. The van der Waals surface area contributed by atoms with Crippen LogP contribution in [0.1, 0.15) is 5.56 Å². The number of nitrogens with zero attached hydrogens (tertiary/aromatic N) is 1. The van der Waals surface area contributed by atoms with Crippen molar-refractivity contribution in [1.29, 1.82) is 0 Å². The van der Waals surface area contributed by atoms with Crippen LogP contribution in [0, 0.1) is 6.92 Å². The van der Waals surface area contributed by atoms with Gasteiger partial charge in [-0.2, -0.15) is 4.31 Å². The van der Waals surface area contributed by atoms with Crippen molar-refractivity contribution >= 4 is 31.9 Å². The number of benzene rings is 2. The van der Waals surface area contributed by atoms with Gasteiger partial charge in [-0.05, 0) is 43.3 Å². The lowest BCUT2D eigenvalue weighted by molar-refractivity contribution is -0.128. The first-order chi connectivity index (χ1) is 15.0. The Morgan fingerprint density at radius 1 is 0.875 bits per heavy atom. The monoisotopic (exact) mass is 484 g/mol. The molecule has 2 rings (SSSR count). The van der Waals surface area contributed by atoms with Gasteiger partial charge in [0.2, 0.25) is 20.0 Å². The molecule has 0 aliphatic rings. The van der Waals surface area contributed by atoms with Crippen molar-refractivity contribution in [1.82, 2.24) is 19.9 Å². The van der Waals surface area contributed by atoms with Crippen LogP contribution >= 0.6 is 0 Å². The summed E-state index contributed by atoms with van der Waals surface area (Å²) >= 11 is 0. The molecule has 2 aromatic rings. The number of carbonyl (C=O) groups excluding carboxylic acids is 2. The van der Waals surface area contributed by atoms with Crippen molar-refractivity contribution in [2.24, 2.45) is 0 Å². The second-order valence-corrected chi connectivity index (χ2v) is 10.5. The number of nitrogens with one attached hydrogen (secondary N) is 3. The Bertz CT molecular complexity index is 1160. The van der Waals surface area contributed by atoms with Gasteiger partial charge in [0.25, 0.3) is 11.8 Å². The largest absolute Gasteiger partial charge is 0.497 e. The number of likely N-dealkylation sites (N-methyl/N-ethyl adjacent to an activating group) is 1. The maximum atomic E-state index is 12.5. The van der Waals surface area contributed by atoms with Gasteiger partial charge in [-0.15, -0.1) is 0 Å². The summed E-state index contributed by atoms with van der Waals surface area (Å²) in [5.74, 6) is -1.19. The number of amides is 2. The SMILES string of the molecule is COc1ccc(S(=O)(=O)NCC(=O)NNC(=O)CN(C)S(=O)(=O)c2ccc(C)cc2)cc1. The van der Waals surface area contributed by atoms with Gasteiger partial charge < -0.3 is 4.74 Å². The molecular weight excluding hydrogens is 460 g/mol. The number of methoxy groups -OCH3 is 1. The quantitative estimate of drug-likeness (QED) is 0.415. The molecule has 0 bridgehead atoms. The van der Waals surface area contributed by atoms with E-state index in [-0.39, 0.29) is 9.79 Å². The minimum atomic E-state index is -3.96. The molecule has 0 saturated heterocycles. The Labute approximate surface area is 186 Å². The summed E-state index contributed by atoms with van der Waals surface area (Å²) in [5, 5.41) is 0. The normalized spacial score (nSPS) is 11.8. The molecular formula is C19H24N4O7S2. The molecule has 0 saturated carbocycles. The summed E-state index contributed by atoms with van der Waals surface area (Å²) in [6, 6.07) is 11.6. The first-order valence-electron chi connectivity index (χ1n) is 9.20. The number of ether oxygens (including phenoxy) is 1. The van der Waals surface area contributed by atoms with Crippen molar-refractivity contribution in [2.75, 3.05) is 27.2 Å². The lowest BCUT2D eigenvalue weighted by Gasteiger charge is -2.17. The zero-order valence-corrected chi connectivity index (χ0v) is 19.3. The van der Waals surface area contributed by atoms with Crippen LogP contribution in [-0.2, 0) is 29.6 Å². The molecule has 0 heterocycles. The molecule has 3 N–H and O–H groups in total. The van der Waals surface area contributed by atoms with Crippen LogP contribution in [0.5, 0.6) is 5.75 Å². The molecule has 2 aromatic carbocycles. The van der Waals surface area contributed by atoms with Gasteiger partial charge in [-0.25, -0.2) is 21.6 Å². The summed E-state index contributed by atoms with van der Waals surface area (Å²) in [5.41, 5.74) is 4.95. The van der Waals surface area contributed by atoms with Crippen molar-refractivity contribution in [3.05, 3.63) is 54.1 Å². The fourth-order valence-corrected chi connectivity index (χ4v) is 4.51. The Hall–Kier alpha value is -3.00. The van der Waals surface area contributed by atoms with E-state index < -0.39 is 45.0 Å². The van der Waals surface area contributed by atoms with Gasteiger partial charge in [0.15, 0.2) is 0 Å². The van der Waals surface area contributed by atoms with Crippen molar-refractivity contribution in [3.8, 4) is 5.75 Å². The van der Waals surface area contributed by atoms with E-state index >= 15 is 0 Å². The molecule has 0 spiro atoms. The van der Waals surface area contributed by atoms with Crippen LogP contribution in [0.15, 0.2) is 58.3 Å². The van der Waals surface area contributed by atoms with Gasteiger partial charge in [0, 0.05) is 7.05 Å². The van der Waals surface area contributed by atoms with E-state index in [1.807, 2.05) is 17.8 Å². The van der Waals surface area contributed by atoms with E-state index in [9.17, 15) is 26.4 Å². The van der Waals surface area contributed by atoms with Gasteiger partial charge in [0.1, 0.15) is 5.75 Å². The molecule has 0 atom stereocenters. The summed E-state index contributed by atoms with van der Waals surface area (Å²) in [6.07, 6.45) is 0. The van der Waals surface area contributed by atoms with Crippen molar-refractivity contribution < 1.29 is 31.2 Å². The molecule has 174 valence electrons. The third-order valence-electron chi connectivity index (χ3n) is 4.23. The molecule has 11 nitrogen and oxygen atoms in total. The molecule has 2 amide bonds. The summed E-state index contributed by atoms with van der Waals surface area (Å²) in [6.45, 7) is 0.605. The Morgan fingerprint density at radius 3 is 1.97 bits per heavy atom. The highest BCUT2D eigenvalue weighted by Gasteiger charge is 2.23. The zero-order chi connectivity index (χ0) is 23.9. The summed E-state index contributed by atoms with van der Waals surface area (Å²) in [4.78, 5) is 23.8. The fraction of sp³-hybridized carbons (Fsp3) is 0.263. The maximum absolute atomic E-state index is 12.5. The Kier molecular flexibility index (Phi) is 8.32. The molecule has 32 heavy (non-hydrogen) atoms. The summed E-state index contributed by atoms with van der Waals surface area (Å²) in [7, 11) is -5.19. The molecule has 0 aromatic heterocycles. The molecule has 0 unspecified atom stereocenters. The number of carbonyl (C=O) groups is 2. The number of sulfonamides is 2. The van der Waals surface area contributed by atoms with E-state index in [0.717, 1.165) is 9.87 Å². The van der Waals surface area contributed by atoms with Crippen molar-refractivity contribution in [3.63, 3.8) is 0 Å². The highest BCUT2D eigenvalue weighted by Crippen LogP contribution is 2.15. The average Bonchev–Trinajstić information content (AvgIpc) is 2.76. The van der Waals surface area contributed by atoms with E-state index in [1.165, 1.54) is 50.6 Å². The Balaban J connectivity index is 1.84. The third-order valence-corrected chi connectivity index (χ3v) is 7.46. The highest BCUT2D eigenvalue weighted by molar-refractivity contribution is 7.89. The van der Waals surface area contributed by atoms with Crippen LogP contribution < -0.4 is 20.3 Å². The minimum Gasteiger partial charge on any atom is -0.497 e. The van der Waals surface area contributed by atoms with E-state index in [2.05, 4.69) is 4.72 Å². The first-order valence-corrected chi connectivity index (χ1v) is 12.1. The summed E-state index contributed by atoms with van der Waals surface area (Å²) < 4.78 is 57.2. The zero-order valence-electron chi connectivity index (χ0n) is 17.7. The van der Waals surface area contributed by atoms with Crippen LogP contribution in [0.3, 0.4) is 0 Å². The molecule has 0 radical (unpaired) electrons. The van der Waals surface area contributed by atoms with Crippen LogP contribution in [0.25, 0.3) is 0 Å². The van der Waals surface area contributed by atoms with Crippen LogP contribution in [0.4, 0.5) is 0 Å². The van der Waals surface area contributed by atoms with E-state index in [1.54, 1.807) is 12.1 Å². The number of hydrogen-bond donors (Lipinski definition) is 3. The minimum absolute atomic E-state index is 0.0235. The lowest BCUT2D eigenvalue weighted by Crippen LogP contribution is -2.49. The smallest absolute Gasteiger partial charge is 0.253 e. The van der Waals surface area contributed by atoms with Gasteiger partial charge in [-0.1, -0.05) is 17.7 Å². The third kappa shape index (κ3) is 6.75. The number of aryl methyl sites for hydroxylation is 1. The van der Waals surface area contributed by atoms with Gasteiger partial charge >= 0.3 is 0 Å². The number of hydrogen-bond acceptors (Lipinski definition) is 7. The van der Waals surface area contributed by atoms with Crippen molar-refractivity contribution in [2.45, 2.75) is 16.7 Å². The topological polar surface area (TPSA) is 151 Å². The second-order valence-electron chi connectivity index (χ2n) is 6.67. The maximum Gasteiger partial charge on any atom is 0.253 e. The standard InChI is InChI=1S/C19H24N4O7S2/c1-14-4-8-17(9-5-14)32(28,29)23(2)13-19(25)22-21-18(24)12-20-31(26,27)16-10-6-15(30-3)7-11-16/h4-11,20H,12-13H2,1-3H3,(H,21,24)(H,22,25). The van der Waals surface area contributed by atoms with Crippen LogP contribution in [-0.4, -0.2) is 60.2 Å². The lowest BCUT2D eigenvalue weighted by atomic mass is 10.2. The second kappa shape index (κ2) is 10.5. The fourth-order valence-electron chi connectivity index (χ4n) is 2.40. The predicted octanol–water partition coefficient (Wildman–Crippen LogP) is -0.250. The van der Waals surface area contributed by atoms with E-state index in [0.29, 0.717) is 5.75 Å². The first kappa shape index (κ1) is 25.3. The van der Waals surface area contributed by atoms with E-state index in [4.69, 9.17) is 4.74 Å². The molecule has 0 aliphatic carbocycles. The van der Waals surface area contributed by atoms with Crippen LogP contribution in [0.2, 0.25) is 0 Å². The molecule has 0 aliphatic heterocycles. The van der Waals surface area contributed by atoms with Gasteiger partial charge in [0.05, 0.1) is 30.0 Å². The predicted molar refractivity (Wildman–Crippen MR) is 115 cm³/mol. The molecule has 0 fully saturated rings. The average molecular weight is 485 g/mol. The highest BCUT2D eigenvalue weighted by atomic mass is 32.2. The Morgan fingerprint density at radius 2 is 1.41 bits per heavy atom. The van der Waals surface area contributed by atoms with Gasteiger partial charge in [-0.3, -0.25) is 20.4 Å². The number of rotatable bonds is 9. The number of hydrazine groups is 1.